The average molecular weight is 593 g/mol. The largest absolute Gasteiger partial charge is 0.495 e. The van der Waals surface area contributed by atoms with Crippen LogP contribution in [-0.4, -0.2) is 34.8 Å². The van der Waals surface area contributed by atoms with E-state index in [-0.39, 0.29) is 23.3 Å². The number of nitrogens with two attached hydrogens (primary N) is 1. The van der Waals surface area contributed by atoms with Crippen molar-refractivity contribution in [3.05, 3.63) is 81.3 Å². The monoisotopic (exact) mass is 592 g/mol. The molecule has 204 valence electrons. The fraction of sp³-hybridized carbons (Fsp3) is 0.250. The van der Waals surface area contributed by atoms with Crippen LogP contribution in [0.3, 0.4) is 0 Å². The highest BCUT2D eigenvalue weighted by molar-refractivity contribution is 8.01. The number of carbonyl (C=O) groups is 2. The summed E-state index contributed by atoms with van der Waals surface area (Å²) in [6.07, 6.45) is 1.71. The number of nitrogens with one attached hydrogen (secondary N) is 1. The van der Waals surface area contributed by atoms with E-state index >= 15 is 0 Å². The van der Waals surface area contributed by atoms with E-state index in [1.54, 1.807) is 23.1 Å². The third kappa shape index (κ3) is 5.43. The molecule has 0 radical (unpaired) electrons. The highest BCUT2D eigenvalue weighted by atomic mass is 35.5. The molecule has 1 atom stereocenters. The van der Waals surface area contributed by atoms with Gasteiger partial charge in [0.1, 0.15) is 11.6 Å². The minimum absolute atomic E-state index is 0.00398. The van der Waals surface area contributed by atoms with E-state index in [2.05, 4.69) is 21.6 Å². The molecular formula is C28H25ClN6O3S2. The number of halogens is 1. The zero-order valence-corrected chi connectivity index (χ0v) is 24.1. The van der Waals surface area contributed by atoms with E-state index in [1.807, 2.05) is 31.2 Å². The van der Waals surface area contributed by atoms with E-state index in [1.165, 1.54) is 30.2 Å². The minimum atomic E-state index is -0.529. The number of allylic oxidation sites excluding steroid dienone is 3. The summed E-state index contributed by atoms with van der Waals surface area (Å²) >= 11 is 8.51. The standard InChI is InChI=1S/C28H25ClN6O3S2/c1-15-6-8-16(9-7-15)24-18(13-30)26(31)35(20-4-3-5-21(36)25(20)24)27-33-34-28(40-27)39-14-23(37)32-19-12-17(29)10-11-22(19)38-2/h6-12,24H,3-5,14,31H2,1-2H3,(H,32,37). The quantitative estimate of drug-likeness (QED) is 0.339. The Kier molecular flexibility index (Phi) is 8.12. The van der Waals surface area contributed by atoms with Crippen LogP contribution in [0.2, 0.25) is 5.02 Å². The average Bonchev–Trinajstić information content (AvgIpc) is 3.40. The van der Waals surface area contributed by atoms with Gasteiger partial charge in [0.25, 0.3) is 0 Å². The second kappa shape index (κ2) is 11.7. The molecule has 2 aromatic carbocycles. The highest BCUT2D eigenvalue weighted by Gasteiger charge is 2.41. The number of rotatable bonds is 7. The predicted octanol–water partition coefficient (Wildman–Crippen LogP) is 5.54. The number of ether oxygens (including phenoxy) is 1. The summed E-state index contributed by atoms with van der Waals surface area (Å²) in [4.78, 5) is 27.6. The Labute approximate surface area is 244 Å². The molecular weight excluding hydrogens is 568 g/mol. The molecule has 3 N–H and O–H groups in total. The Balaban J connectivity index is 1.40. The van der Waals surface area contributed by atoms with Crippen LogP contribution >= 0.6 is 34.7 Å². The number of ketones is 1. The number of nitriles is 1. The number of amides is 1. The van der Waals surface area contributed by atoms with E-state index in [0.29, 0.717) is 56.3 Å². The van der Waals surface area contributed by atoms with Crippen molar-refractivity contribution in [1.29, 1.82) is 5.26 Å². The van der Waals surface area contributed by atoms with Crippen LogP contribution in [-0.2, 0) is 9.59 Å². The Morgan fingerprint density at radius 3 is 2.77 bits per heavy atom. The van der Waals surface area contributed by atoms with Crippen molar-refractivity contribution in [3.8, 4) is 11.8 Å². The normalized spacial score (nSPS) is 17.0. The Hall–Kier alpha value is -3.85. The smallest absolute Gasteiger partial charge is 0.234 e. The molecule has 1 aromatic heterocycles. The lowest BCUT2D eigenvalue weighted by molar-refractivity contribution is -0.116. The van der Waals surface area contributed by atoms with Gasteiger partial charge in [-0.2, -0.15) is 5.26 Å². The third-order valence-corrected chi connectivity index (χ3v) is 8.95. The number of anilines is 2. The molecule has 1 aliphatic carbocycles. The molecule has 3 aromatic rings. The minimum Gasteiger partial charge on any atom is -0.495 e. The van der Waals surface area contributed by atoms with Gasteiger partial charge in [-0.05, 0) is 43.5 Å². The molecule has 0 bridgehead atoms. The van der Waals surface area contributed by atoms with Crippen LogP contribution in [0.5, 0.6) is 5.75 Å². The molecule has 12 heteroatoms. The molecule has 1 amide bonds. The number of nitrogens with zero attached hydrogens (tertiary/aromatic N) is 4. The van der Waals surface area contributed by atoms with Crippen LogP contribution in [0, 0.1) is 18.3 Å². The second-order valence-corrected chi connectivity index (χ2v) is 11.9. The summed E-state index contributed by atoms with van der Waals surface area (Å²) in [5.41, 5.74) is 10.7. The first kappa shape index (κ1) is 27.7. The van der Waals surface area contributed by atoms with Crippen LogP contribution in [0.15, 0.2) is 69.5 Å². The van der Waals surface area contributed by atoms with Gasteiger partial charge in [0.05, 0.1) is 36.1 Å². The molecule has 0 saturated carbocycles. The van der Waals surface area contributed by atoms with Gasteiger partial charge in [-0.25, -0.2) is 0 Å². The first-order valence-electron chi connectivity index (χ1n) is 12.4. The van der Waals surface area contributed by atoms with Crippen molar-refractivity contribution in [2.75, 3.05) is 23.1 Å². The Morgan fingerprint density at radius 2 is 2.05 bits per heavy atom. The molecule has 9 nitrogen and oxygen atoms in total. The van der Waals surface area contributed by atoms with E-state index in [4.69, 9.17) is 22.1 Å². The number of benzene rings is 2. The maximum Gasteiger partial charge on any atom is 0.234 e. The number of Topliss-reactive ketones (excluding diaryl/α,β-unsaturated/α-hetero) is 1. The van der Waals surface area contributed by atoms with Gasteiger partial charge < -0.3 is 15.8 Å². The fourth-order valence-electron chi connectivity index (χ4n) is 4.84. The van der Waals surface area contributed by atoms with Crippen LogP contribution < -0.4 is 20.7 Å². The SMILES string of the molecule is COc1ccc(Cl)cc1NC(=O)CSc1nnc(N2C(N)=C(C#N)C(c3ccc(C)cc3)C3=C2CCCC3=O)s1. The predicted molar refractivity (Wildman–Crippen MR) is 156 cm³/mol. The maximum absolute atomic E-state index is 13.3. The van der Waals surface area contributed by atoms with Crippen LogP contribution in [0.4, 0.5) is 10.8 Å². The van der Waals surface area contributed by atoms with Crippen molar-refractivity contribution in [2.24, 2.45) is 5.73 Å². The number of aryl methyl sites for hydroxylation is 1. The summed E-state index contributed by atoms with van der Waals surface area (Å²) in [7, 11) is 1.51. The molecule has 1 unspecified atom stereocenters. The van der Waals surface area contributed by atoms with Gasteiger partial charge in [-0.15, -0.1) is 10.2 Å². The van der Waals surface area contributed by atoms with E-state index in [0.717, 1.165) is 16.8 Å². The number of hydrogen-bond donors (Lipinski definition) is 2. The van der Waals surface area contributed by atoms with Crippen LogP contribution in [0.1, 0.15) is 36.3 Å². The summed E-state index contributed by atoms with van der Waals surface area (Å²) in [6.45, 7) is 1.99. The summed E-state index contributed by atoms with van der Waals surface area (Å²) in [5.74, 6) is 0.0101. The lowest BCUT2D eigenvalue weighted by Gasteiger charge is -2.38. The Morgan fingerprint density at radius 1 is 1.27 bits per heavy atom. The molecule has 0 spiro atoms. The molecule has 1 aliphatic heterocycles. The highest BCUT2D eigenvalue weighted by Crippen LogP contribution is 2.47. The summed E-state index contributed by atoms with van der Waals surface area (Å²) < 4.78 is 5.82. The Bertz CT molecular complexity index is 1590. The maximum atomic E-state index is 13.3. The topological polar surface area (TPSA) is 134 Å². The zero-order valence-electron chi connectivity index (χ0n) is 21.7. The van der Waals surface area contributed by atoms with Crippen molar-refractivity contribution < 1.29 is 14.3 Å². The van der Waals surface area contributed by atoms with E-state index < -0.39 is 5.92 Å². The molecule has 0 fully saturated rings. The van der Waals surface area contributed by atoms with Crippen molar-refractivity contribution in [1.82, 2.24) is 10.2 Å². The van der Waals surface area contributed by atoms with Crippen molar-refractivity contribution in [3.63, 3.8) is 0 Å². The summed E-state index contributed by atoms with van der Waals surface area (Å²) in [6, 6.07) is 15.0. The second-order valence-electron chi connectivity index (χ2n) is 9.26. The first-order valence-corrected chi connectivity index (χ1v) is 14.6. The molecule has 40 heavy (non-hydrogen) atoms. The van der Waals surface area contributed by atoms with Crippen molar-refractivity contribution >= 4 is 57.2 Å². The van der Waals surface area contributed by atoms with E-state index in [9.17, 15) is 14.9 Å². The van der Waals surface area contributed by atoms with Gasteiger partial charge in [0.2, 0.25) is 11.0 Å². The number of thioether (sulfide) groups is 1. The first-order chi connectivity index (χ1) is 19.3. The van der Waals surface area contributed by atoms with Crippen LogP contribution in [0.25, 0.3) is 0 Å². The number of carbonyl (C=O) groups excluding carboxylic acids is 2. The summed E-state index contributed by atoms with van der Waals surface area (Å²) in [5, 5.41) is 22.4. The fourth-order valence-corrected chi connectivity index (χ4v) is 6.69. The molecule has 2 aliphatic rings. The lowest BCUT2D eigenvalue weighted by Crippen LogP contribution is -2.38. The zero-order chi connectivity index (χ0) is 28.4. The van der Waals surface area contributed by atoms with Gasteiger partial charge in [-0.1, -0.05) is 64.5 Å². The van der Waals surface area contributed by atoms with Gasteiger partial charge in [-0.3, -0.25) is 14.5 Å². The molecule has 2 heterocycles. The van der Waals surface area contributed by atoms with Gasteiger partial charge >= 0.3 is 0 Å². The van der Waals surface area contributed by atoms with Gasteiger partial charge in [0.15, 0.2) is 10.1 Å². The number of hydrogen-bond acceptors (Lipinski definition) is 10. The lowest BCUT2D eigenvalue weighted by atomic mass is 9.75. The number of aromatic nitrogens is 2. The number of methoxy groups -OCH3 is 1. The molecule has 0 saturated heterocycles. The third-order valence-electron chi connectivity index (χ3n) is 6.67. The van der Waals surface area contributed by atoms with Gasteiger partial charge in [0, 0.05) is 22.7 Å². The molecule has 5 rings (SSSR count). The van der Waals surface area contributed by atoms with Crippen molar-refractivity contribution in [2.45, 2.75) is 36.4 Å².